The van der Waals surface area contributed by atoms with Gasteiger partial charge in [-0.25, -0.2) is 9.13 Å². The monoisotopic (exact) mass is 518 g/mol. The molecule has 0 amide bonds. The molecule has 2 nitrogen and oxygen atoms in total. The summed E-state index contributed by atoms with van der Waals surface area (Å²) in [5.41, 5.74) is 0. The Hall–Kier alpha value is -0.790. The Balaban J connectivity index is 2.30. The Morgan fingerprint density at radius 3 is 1.30 bits per heavy atom. The molecule has 0 saturated carbocycles. The number of rotatable bonds is 29. The zero-order chi connectivity index (χ0) is 26.7. The predicted molar refractivity (Wildman–Crippen MR) is 165 cm³/mol. The summed E-state index contributed by atoms with van der Waals surface area (Å²) in [6, 6.07) is 0. The minimum atomic E-state index is 1.23. The van der Waals surface area contributed by atoms with Gasteiger partial charge in [-0.15, -0.1) is 0 Å². The van der Waals surface area contributed by atoms with Crippen molar-refractivity contribution in [1.82, 2.24) is 4.57 Å². The second kappa shape index (κ2) is 26.8. The zero-order valence-electron chi connectivity index (χ0n) is 26.1. The molecule has 0 radical (unpaired) electrons. The maximum absolute atomic E-state index is 2.62. The molecule has 0 aromatic carbocycles. The summed E-state index contributed by atoms with van der Waals surface area (Å²) in [6.07, 6.45) is 42.9. The highest BCUT2D eigenvalue weighted by atomic mass is 15.1. The average Bonchev–Trinajstić information content (AvgIpc) is 3.29. The molecule has 2 heteroatoms. The summed E-state index contributed by atoms with van der Waals surface area (Å²) in [7, 11) is 0. The second-order valence-corrected chi connectivity index (χ2v) is 12.0. The lowest BCUT2D eigenvalue weighted by atomic mass is 10.1. The zero-order valence-corrected chi connectivity index (χ0v) is 26.1. The SMILES string of the molecule is CCCCCCCCCCCCC[n+]1ccn(CCCCCCCCCCC)c1CCCCCCCC. The molecule has 218 valence electrons. The van der Waals surface area contributed by atoms with Crippen LogP contribution in [0.5, 0.6) is 0 Å². The normalized spacial score (nSPS) is 11.5. The number of aromatic nitrogens is 2. The molecule has 0 N–H and O–H groups in total. The van der Waals surface area contributed by atoms with Crippen LogP contribution in [0.25, 0.3) is 0 Å². The van der Waals surface area contributed by atoms with Crippen LogP contribution in [0.4, 0.5) is 0 Å². The number of aryl methyl sites for hydroxylation is 2. The molecule has 1 aromatic heterocycles. The largest absolute Gasteiger partial charge is 0.256 e. The molecule has 1 heterocycles. The van der Waals surface area contributed by atoms with Gasteiger partial charge in [0.2, 0.25) is 0 Å². The van der Waals surface area contributed by atoms with Gasteiger partial charge in [0.1, 0.15) is 12.4 Å². The fourth-order valence-corrected chi connectivity index (χ4v) is 5.80. The highest BCUT2D eigenvalue weighted by Gasteiger charge is 2.16. The first kappa shape index (κ1) is 34.2. The van der Waals surface area contributed by atoms with Crippen LogP contribution < -0.4 is 4.57 Å². The van der Waals surface area contributed by atoms with E-state index in [2.05, 4.69) is 42.3 Å². The van der Waals surface area contributed by atoms with Crippen molar-refractivity contribution < 1.29 is 4.57 Å². The van der Waals surface area contributed by atoms with E-state index < -0.39 is 0 Å². The van der Waals surface area contributed by atoms with Gasteiger partial charge >= 0.3 is 0 Å². The fourth-order valence-electron chi connectivity index (χ4n) is 5.80. The molecule has 1 aromatic rings. The number of hydrogen-bond acceptors (Lipinski definition) is 0. The van der Waals surface area contributed by atoms with E-state index in [9.17, 15) is 0 Å². The van der Waals surface area contributed by atoms with Crippen LogP contribution in [-0.4, -0.2) is 4.57 Å². The van der Waals surface area contributed by atoms with Crippen molar-refractivity contribution >= 4 is 0 Å². The Labute approximate surface area is 234 Å². The molecular formula is C35H69N2+. The van der Waals surface area contributed by atoms with E-state index in [4.69, 9.17) is 0 Å². The molecule has 0 atom stereocenters. The molecule has 37 heavy (non-hydrogen) atoms. The molecule has 0 saturated heterocycles. The second-order valence-electron chi connectivity index (χ2n) is 12.0. The van der Waals surface area contributed by atoms with Crippen LogP contribution in [0.2, 0.25) is 0 Å². The number of nitrogens with zero attached hydrogens (tertiary/aromatic N) is 2. The topological polar surface area (TPSA) is 8.81 Å². The summed E-state index contributed by atoms with van der Waals surface area (Å²) in [4.78, 5) is 0. The molecule has 0 spiro atoms. The van der Waals surface area contributed by atoms with Crippen molar-refractivity contribution in [2.24, 2.45) is 0 Å². The maximum atomic E-state index is 2.62. The molecule has 0 aliphatic heterocycles. The summed E-state index contributed by atoms with van der Waals surface area (Å²) in [5.74, 6) is 1.61. The van der Waals surface area contributed by atoms with Gasteiger partial charge in [-0.2, -0.15) is 0 Å². The Morgan fingerprint density at radius 2 is 0.838 bits per heavy atom. The smallest absolute Gasteiger partial charge is 0.234 e. The van der Waals surface area contributed by atoms with E-state index in [0.29, 0.717) is 0 Å². The van der Waals surface area contributed by atoms with Crippen LogP contribution in [0.15, 0.2) is 12.4 Å². The third kappa shape index (κ3) is 19.9. The van der Waals surface area contributed by atoms with E-state index in [1.165, 1.54) is 186 Å². The van der Waals surface area contributed by atoms with Gasteiger partial charge in [-0.3, -0.25) is 0 Å². The number of imidazole rings is 1. The van der Waals surface area contributed by atoms with Gasteiger partial charge in [-0.05, 0) is 32.1 Å². The highest BCUT2D eigenvalue weighted by molar-refractivity contribution is 4.84. The molecule has 0 unspecified atom stereocenters. The fraction of sp³-hybridized carbons (Fsp3) is 0.914. The van der Waals surface area contributed by atoms with Crippen molar-refractivity contribution in [3.63, 3.8) is 0 Å². The van der Waals surface area contributed by atoms with Gasteiger partial charge in [-0.1, -0.05) is 156 Å². The predicted octanol–water partition coefficient (Wildman–Crippen LogP) is 11.5. The summed E-state index contributed by atoms with van der Waals surface area (Å²) >= 11 is 0. The molecule has 0 bridgehead atoms. The van der Waals surface area contributed by atoms with Crippen molar-refractivity contribution in [2.45, 2.75) is 207 Å². The minimum absolute atomic E-state index is 1.23. The van der Waals surface area contributed by atoms with Gasteiger partial charge in [0.15, 0.2) is 0 Å². The maximum Gasteiger partial charge on any atom is 0.256 e. The summed E-state index contributed by atoms with van der Waals surface area (Å²) in [5, 5.41) is 0. The number of unbranched alkanes of at least 4 members (excludes halogenated alkanes) is 23. The molecule has 0 fully saturated rings. The quantitative estimate of drug-likeness (QED) is 0.0737. The van der Waals surface area contributed by atoms with Crippen LogP contribution >= 0.6 is 0 Å². The van der Waals surface area contributed by atoms with Crippen LogP contribution in [-0.2, 0) is 19.5 Å². The van der Waals surface area contributed by atoms with Gasteiger partial charge in [0, 0.05) is 6.42 Å². The van der Waals surface area contributed by atoms with Crippen molar-refractivity contribution in [1.29, 1.82) is 0 Å². The lowest BCUT2D eigenvalue weighted by Gasteiger charge is -2.07. The molecule has 0 aliphatic carbocycles. The Bertz CT molecular complexity index is 576. The van der Waals surface area contributed by atoms with E-state index in [1.54, 1.807) is 5.82 Å². The summed E-state index contributed by atoms with van der Waals surface area (Å²) in [6.45, 7) is 9.39. The Kier molecular flexibility index (Phi) is 24.8. The Morgan fingerprint density at radius 1 is 0.459 bits per heavy atom. The molecular weight excluding hydrogens is 448 g/mol. The number of hydrogen-bond donors (Lipinski definition) is 0. The van der Waals surface area contributed by atoms with Gasteiger partial charge in [0.05, 0.1) is 13.1 Å². The third-order valence-electron chi connectivity index (χ3n) is 8.35. The van der Waals surface area contributed by atoms with Crippen LogP contribution in [0.3, 0.4) is 0 Å². The molecule has 0 aliphatic rings. The first-order valence-electron chi connectivity index (χ1n) is 17.4. The first-order chi connectivity index (χ1) is 18.3. The van der Waals surface area contributed by atoms with Crippen molar-refractivity contribution in [3.05, 3.63) is 18.2 Å². The van der Waals surface area contributed by atoms with Crippen LogP contribution in [0.1, 0.15) is 194 Å². The lowest BCUT2D eigenvalue weighted by Crippen LogP contribution is -2.37. The van der Waals surface area contributed by atoms with E-state index in [-0.39, 0.29) is 0 Å². The van der Waals surface area contributed by atoms with E-state index >= 15 is 0 Å². The first-order valence-corrected chi connectivity index (χ1v) is 17.4. The summed E-state index contributed by atoms with van der Waals surface area (Å²) < 4.78 is 5.24. The van der Waals surface area contributed by atoms with Crippen molar-refractivity contribution in [3.8, 4) is 0 Å². The molecule has 1 rings (SSSR count). The van der Waals surface area contributed by atoms with Gasteiger partial charge in [0.25, 0.3) is 5.82 Å². The highest BCUT2D eigenvalue weighted by Crippen LogP contribution is 2.14. The average molecular weight is 518 g/mol. The third-order valence-corrected chi connectivity index (χ3v) is 8.35. The van der Waals surface area contributed by atoms with Crippen molar-refractivity contribution in [2.75, 3.05) is 0 Å². The minimum Gasteiger partial charge on any atom is -0.234 e. The van der Waals surface area contributed by atoms with Crippen LogP contribution in [0, 0.1) is 0 Å². The van der Waals surface area contributed by atoms with E-state index in [1.807, 2.05) is 0 Å². The lowest BCUT2D eigenvalue weighted by molar-refractivity contribution is -0.704. The van der Waals surface area contributed by atoms with E-state index in [0.717, 1.165) is 0 Å². The standard InChI is InChI=1S/C35H69N2/c1-4-7-10-13-16-18-19-21-23-26-29-32-37-34-33-36(35(37)30-27-24-15-12-9-6-3)31-28-25-22-20-17-14-11-8-5-2/h33-34H,4-32H2,1-3H3/q+1. The van der Waals surface area contributed by atoms with Gasteiger partial charge < -0.3 is 0 Å².